The van der Waals surface area contributed by atoms with Crippen LogP contribution in [0.5, 0.6) is 0 Å². The predicted molar refractivity (Wildman–Crippen MR) is 254 cm³/mol. The second-order valence-electron chi connectivity index (χ2n) is 15.9. The number of nitrogens with one attached hydrogen (secondary N) is 1. The summed E-state index contributed by atoms with van der Waals surface area (Å²) in [5.41, 5.74) is 18.3. The first-order valence-corrected chi connectivity index (χ1v) is 20.9. The fraction of sp³-hybridized carbons (Fsp3) is 0.0566. The molecule has 11 aromatic rings. The highest BCUT2D eigenvalue weighted by Gasteiger charge is 2.31. The minimum Gasteiger partial charge on any atom is -0.456 e. The Balaban J connectivity index is 1.16. The maximum Gasteiger partial charge on any atom is 0.211 e. The van der Waals surface area contributed by atoms with Gasteiger partial charge in [0.05, 0.1) is 16.9 Å². The molecule has 59 heavy (non-hydrogen) atoms. The molecule has 0 saturated heterocycles. The van der Waals surface area contributed by atoms with Gasteiger partial charge in [0.2, 0.25) is 7.28 Å². The lowest BCUT2D eigenvalue weighted by molar-refractivity contribution is 0.669. The van der Waals surface area contributed by atoms with Gasteiger partial charge in [0, 0.05) is 74.2 Å². The lowest BCUT2D eigenvalue weighted by Gasteiger charge is -2.23. The maximum atomic E-state index is 6.51. The topological polar surface area (TPSA) is 33.3 Å². The lowest BCUT2D eigenvalue weighted by Crippen LogP contribution is -2.35. The molecular weight excluding hydrogens is 737 g/mol. The highest BCUT2D eigenvalue weighted by molar-refractivity contribution is 7.29. The summed E-state index contributed by atoms with van der Waals surface area (Å²) in [6.45, 7) is 2.29. The van der Waals surface area contributed by atoms with Crippen LogP contribution in [0.15, 0.2) is 168 Å². The van der Waals surface area contributed by atoms with Gasteiger partial charge in [-0.3, -0.25) is 0 Å². The van der Waals surface area contributed by atoms with Crippen molar-refractivity contribution in [3.63, 3.8) is 0 Å². The molecule has 0 amide bonds. The minimum atomic E-state index is 0.862. The summed E-state index contributed by atoms with van der Waals surface area (Å²) >= 11 is 1.88. The molecule has 4 nitrogen and oxygen atoms in total. The number of aromatic nitrogens is 1. The van der Waals surface area contributed by atoms with Crippen molar-refractivity contribution in [3.05, 3.63) is 169 Å². The monoisotopic (exact) mass is 774 g/mol. The standard InChI is InChI=1S/C53H37BN3OS/c1-31-26-41(39-29-40-38-16-10-11-17-46(38)58-47(40)30-44(39)55-36-20-22-37(23-21-36)56(2)3)50-52-49(31)42-27-34(32-12-6-4-7-13-32)18-24-45(42)57(52)51-43-28-35(33-14-8-5-9-15-33)19-25-48(43)59-53(51)54-50/h4-30,55H,1-3H3. The second-order valence-corrected chi connectivity index (χ2v) is 17.0. The van der Waals surface area contributed by atoms with E-state index >= 15 is 0 Å². The predicted octanol–water partition coefficient (Wildman–Crippen LogP) is 13.0. The van der Waals surface area contributed by atoms with Gasteiger partial charge in [-0.05, 0) is 111 Å². The molecule has 0 unspecified atom stereocenters. The van der Waals surface area contributed by atoms with Crippen LogP contribution in [0.25, 0.3) is 92.9 Å². The van der Waals surface area contributed by atoms with Gasteiger partial charge in [-0.15, -0.1) is 11.3 Å². The van der Waals surface area contributed by atoms with Crippen molar-refractivity contribution in [3.8, 4) is 39.1 Å². The molecule has 4 heterocycles. The Morgan fingerprint density at radius 2 is 1.29 bits per heavy atom. The van der Waals surface area contributed by atoms with E-state index in [0.717, 1.165) is 44.6 Å². The largest absolute Gasteiger partial charge is 0.456 e. The molecule has 12 rings (SSSR count). The molecule has 0 fully saturated rings. The van der Waals surface area contributed by atoms with E-state index in [4.69, 9.17) is 4.42 Å². The summed E-state index contributed by atoms with van der Waals surface area (Å²) in [4.78, 5) is 2.13. The lowest BCUT2D eigenvalue weighted by atomic mass is 9.62. The summed E-state index contributed by atoms with van der Waals surface area (Å²) < 4.78 is 11.6. The Morgan fingerprint density at radius 1 is 0.593 bits per heavy atom. The molecule has 6 heteroatoms. The quantitative estimate of drug-likeness (QED) is 0.171. The minimum absolute atomic E-state index is 0.862. The van der Waals surface area contributed by atoms with Crippen LogP contribution < -0.4 is 20.5 Å². The summed E-state index contributed by atoms with van der Waals surface area (Å²) in [6.07, 6.45) is 0. The van der Waals surface area contributed by atoms with Gasteiger partial charge < -0.3 is 19.2 Å². The highest BCUT2D eigenvalue weighted by Crippen LogP contribution is 2.45. The van der Waals surface area contributed by atoms with Crippen molar-refractivity contribution in [2.24, 2.45) is 0 Å². The fourth-order valence-corrected chi connectivity index (χ4v) is 10.4. The van der Waals surface area contributed by atoms with Gasteiger partial charge in [-0.1, -0.05) is 97.1 Å². The summed E-state index contributed by atoms with van der Waals surface area (Å²) in [5.74, 6) is 0. The van der Waals surface area contributed by atoms with Crippen molar-refractivity contribution in [2.75, 3.05) is 24.3 Å². The number of rotatable bonds is 6. The molecule has 1 aliphatic heterocycles. The molecule has 0 bridgehead atoms. The number of para-hydroxylation sites is 1. The van der Waals surface area contributed by atoms with E-state index in [2.05, 4.69) is 201 Å². The molecule has 0 spiro atoms. The van der Waals surface area contributed by atoms with E-state index < -0.39 is 0 Å². The molecule has 0 saturated carbocycles. The van der Waals surface area contributed by atoms with Crippen LogP contribution in [0.1, 0.15) is 5.56 Å². The van der Waals surface area contributed by atoms with Crippen molar-refractivity contribution < 1.29 is 4.42 Å². The molecule has 279 valence electrons. The number of fused-ring (bicyclic) bond motifs is 10. The normalized spacial score (nSPS) is 12.1. The van der Waals surface area contributed by atoms with E-state index in [1.165, 1.54) is 81.2 Å². The first kappa shape index (κ1) is 34.1. The van der Waals surface area contributed by atoms with Crippen LogP contribution in [-0.4, -0.2) is 25.9 Å². The molecule has 1 aliphatic rings. The number of thiophene rings is 1. The van der Waals surface area contributed by atoms with Gasteiger partial charge in [0.1, 0.15) is 11.2 Å². The molecule has 0 aliphatic carbocycles. The number of furan rings is 1. The van der Waals surface area contributed by atoms with Crippen LogP contribution in [-0.2, 0) is 0 Å². The van der Waals surface area contributed by atoms with E-state index in [1.54, 1.807) is 0 Å². The maximum absolute atomic E-state index is 6.51. The first-order valence-electron chi connectivity index (χ1n) is 20.1. The third-order valence-corrected chi connectivity index (χ3v) is 13.2. The summed E-state index contributed by atoms with van der Waals surface area (Å²) in [6, 6.07) is 59.4. The van der Waals surface area contributed by atoms with Crippen LogP contribution in [0.3, 0.4) is 0 Å². The number of aryl methyl sites for hydroxylation is 1. The van der Waals surface area contributed by atoms with E-state index in [0.29, 0.717) is 0 Å². The van der Waals surface area contributed by atoms with Crippen molar-refractivity contribution in [1.29, 1.82) is 0 Å². The highest BCUT2D eigenvalue weighted by atomic mass is 32.1. The third kappa shape index (κ3) is 5.30. The first-order chi connectivity index (χ1) is 29.0. The van der Waals surface area contributed by atoms with Crippen molar-refractivity contribution in [2.45, 2.75) is 6.92 Å². The average molecular weight is 775 g/mol. The third-order valence-electron chi connectivity index (χ3n) is 12.1. The number of anilines is 3. The van der Waals surface area contributed by atoms with E-state index in [-0.39, 0.29) is 0 Å². The zero-order valence-corrected chi connectivity index (χ0v) is 33.7. The Hall–Kier alpha value is -7.02. The number of nitrogens with zero attached hydrogens (tertiary/aromatic N) is 2. The van der Waals surface area contributed by atoms with Gasteiger partial charge in [-0.2, -0.15) is 0 Å². The molecular formula is C53H37BN3OS. The number of benzene rings is 8. The van der Waals surface area contributed by atoms with Crippen LogP contribution in [0, 0.1) is 6.92 Å². The molecule has 1 N–H and O–H groups in total. The Bertz CT molecular complexity index is 3470. The summed E-state index contributed by atoms with van der Waals surface area (Å²) in [7, 11) is 6.61. The second kappa shape index (κ2) is 13.0. The Labute approximate surface area is 346 Å². The Kier molecular flexibility index (Phi) is 7.51. The summed E-state index contributed by atoms with van der Waals surface area (Å²) in [5, 5.41) is 9.90. The van der Waals surface area contributed by atoms with Crippen molar-refractivity contribution >= 4 is 99.7 Å². The zero-order chi connectivity index (χ0) is 39.4. The molecule has 1 radical (unpaired) electrons. The van der Waals surface area contributed by atoms with Gasteiger partial charge in [-0.25, -0.2) is 0 Å². The van der Waals surface area contributed by atoms with E-state index in [9.17, 15) is 0 Å². The SMILES string of the molecule is Cc1cc(-c2cc3c(cc2Nc2ccc(N(C)C)cc2)oc2ccccc23)c2c3c1c1cc(-c4ccccc4)ccc1n3-c1c(sc3ccc(-c4ccccc4)cc13)[B]2. The van der Waals surface area contributed by atoms with Gasteiger partial charge in [0.25, 0.3) is 0 Å². The molecule has 8 aromatic carbocycles. The van der Waals surface area contributed by atoms with Crippen molar-refractivity contribution in [1.82, 2.24) is 4.57 Å². The molecule has 3 aromatic heterocycles. The van der Waals surface area contributed by atoms with Crippen LogP contribution in [0.2, 0.25) is 0 Å². The van der Waals surface area contributed by atoms with Gasteiger partial charge >= 0.3 is 0 Å². The Morgan fingerprint density at radius 3 is 2.03 bits per heavy atom. The van der Waals surface area contributed by atoms with Crippen LogP contribution in [0.4, 0.5) is 17.1 Å². The smallest absolute Gasteiger partial charge is 0.211 e. The number of hydrogen-bond donors (Lipinski definition) is 1. The fourth-order valence-electron chi connectivity index (χ4n) is 9.32. The number of hydrogen-bond acceptors (Lipinski definition) is 4. The zero-order valence-electron chi connectivity index (χ0n) is 32.9. The van der Waals surface area contributed by atoms with Gasteiger partial charge in [0.15, 0.2) is 0 Å². The van der Waals surface area contributed by atoms with Crippen LogP contribution >= 0.6 is 11.3 Å². The van der Waals surface area contributed by atoms with E-state index in [1.807, 2.05) is 17.4 Å². The average Bonchev–Trinajstić information content (AvgIpc) is 3.94. The molecule has 0 atom stereocenters.